The van der Waals surface area contributed by atoms with Crippen LogP contribution in [0, 0.1) is 6.92 Å². The molecule has 6 aromatic rings. The highest BCUT2D eigenvalue weighted by molar-refractivity contribution is 7.99. The molecule has 44 heavy (non-hydrogen) atoms. The number of carbonyl (C=O) groups is 2. The minimum Gasteiger partial charge on any atom is -0.462 e. The number of esters is 1. The number of hydrogen-bond donors (Lipinski definition) is 1. The standard InChI is InChI=1S/C34H27N3O4S3/c1-3-41-33(40)28-25(22-13-7-4-8-14-22)19-42-30(28)35-26(38)20-43-34-36-31-29(32(39)37(34)24-17-11-6-12-18-24)27(21(2)44-31)23-15-9-5-10-16-23/h4-19H,3,20H2,1-2H3,(H,35,38). The van der Waals surface area contributed by atoms with Crippen molar-refractivity contribution >= 4 is 61.5 Å². The van der Waals surface area contributed by atoms with E-state index in [4.69, 9.17) is 9.72 Å². The third-order valence-electron chi connectivity index (χ3n) is 6.89. The SMILES string of the molecule is CCOC(=O)c1c(-c2ccccc2)csc1NC(=O)CSc1nc2sc(C)c(-c3ccccc3)c2c(=O)n1-c1ccccc1. The van der Waals surface area contributed by atoms with Crippen molar-refractivity contribution in [1.29, 1.82) is 0 Å². The van der Waals surface area contributed by atoms with Gasteiger partial charge in [0.2, 0.25) is 5.91 Å². The van der Waals surface area contributed by atoms with Crippen LogP contribution in [0.15, 0.2) is 106 Å². The normalized spacial score (nSPS) is 11.0. The van der Waals surface area contributed by atoms with Crippen molar-refractivity contribution in [3.63, 3.8) is 0 Å². The second-order valence-corrected chi connectivity index (χ2v) is 12.8. The summed E-state index contributed by atoms with van der Waals surface area (Å²) in [7, 11) is 0. The van der Waals surface area contributed by atoms with E-state index in [1.165, 1.54) is 34.4 Å². The zero-order valence-corrected chi connectivity index (χ0v) is 26.4. The van der Waals surface area contributed by atoms with Gasteiger partial charge < -0.3 is 10.1 Å². The molecular formula is C34H27N3O4S3. The molecule has 0 bridgehead atoms. The minimum absolute atomic E-state index is 0.0263. The molecule has 0 aliphatic rings. The number of thioether (sulfide) groups is 1. The van der Waals surface area contributed by atoms with Crippen LogP contribution in [0.3, 0.4) is 0 Å². The smallest absolute Gasteiger partial charge is 0.341 e. The molecule has 1 N–H and O–H groups in total. The van der Waals surface area contributed by atoms with Crippen LogP contribution in [-0.2, 0) is 9.53 Å². The van der Waals surface area contributed by atoms with Gasteiger partial charge in [0, 0.05) is 21.4 Å². The number of fused-ring (bicyclic) bond motifs is 1. The second kappa shape index (κ2) is 13.0. The van der Waals surface area contributed by atoms with Gasteiger partial charge in [0.1, 0.15) is 15.4 Å². The van der Waals surface area contributed by atoms with Gasteiger partial charge in [-0.1, -0.05) is 90.6 Å². The molecule has 0 spiro atoms. The highest BCUT2D eigenvalue weighted by Crippen LogP contribution is 2.38. The van der Waals surface area contributed by atoms with Gasteiger partial charge in [-0.05, 0) is 37.1 Å². The number of amides is 1. The third-order valence-corrected chi connectivity index (χ3v) is 9.72. The number of thiophene rings is 2. The molecule has 0 unspecified atom stereocenters. The Bertz CT molecular complexity index is 2020. The van der Waals surface area contributed by atoms with Crippen LogP contribution < -0.4 is 10.9 Å². The number of nitrogens with one attached hydrogen (secondary N) is 1. The Morgan fingerprint density at radius 3 is 2.23 bits per heavy atom. The predicted molar refractivity (Wildman–Crippen MR) is 180 cm³/mol. The molecule has 0 atom stereocenters. The van der Waals surface area contributed by atoms with E-state index in [1.807, 2.05) is 103 Å². The van der Waals surface area contributed by atoms with Crippen molar-refractivity contribution in [2.24, 2.45) is 0 Å². The Hall–Kier alpha value is -4.51. The number of ether oxygens (including phenoxy) is 1. The van der Waals surface area contributed by atoms with Gasteiger partial charge in [0.05, 0.1) is 23.4 Å². The van der Waals surface area contributed by atoms with Crippen molar-refractivity contribution in [1.82, 2.24) is 9.55 Å². The van der Waals surface area contributed by atoms with Crippen LogP contribution >= 0.6 is 34.4 Å². The van der Waals surface area contributed by atoms with Gasteiger partial charge in [-0.3, -0.25) is 14.2 Å². The average molecular weight is 638 g/mol. The molecule has 7 nitrogen and oxygen atoms in total. The summed E-state index contributed by atoms with van der Waals surface area (Å²) in [4.78, 5) is 47.0. The summed E-state index contributed by atoms with van der Waals surface area (Å²) in [5.74, 6) is -0.854. The molecule has 220 valence electrons. The number of benzene rings is 3. The minimum atomic E-state index is -0.497. The number of nitrogens with zero attached hydrogens (tertiary/aromatic N) is 2. The molecule has 0 radical (unpaired) electrons. The third kappa shape index (κ3) is 5.84. The first-order chi connectivity index (χ1) is 21.5. The van der Waals surface area contributed by atoms with E-state index in [-0.39, 0.29) is 23.8 Å². The first-order valence-corrected chi connectivity index (χ1v) is 16.6. The van der Waals surface area contributed by atoms with Crippen molar-refractivity contribution < 1.29 is 14.3 Å². The zero-order valence-electron chi connectivity index (χ0n) is 23.9. The number of anilines is 1. The van der Waals surface area contributed by atoms with Crippen LogP contribution in [0.5, 0.6) is 0 Å². The van der Waals surface area contributed by atoms with Crippen LogP contribution in [0.1, 0.15) is 22.2 Å². The van der Waals surface area contributed by atoms with E-state index in [0.717, 1.165) is 21.6 Å². The fraction of sp³-hybridized carbons (Fsp3) is 0.118. The van der Waals surface area contributed by atoms with Gasteiger partial charge in [-0.2, -0.15) is 0 Å². The van der Waals surface area contributed by atoms with Crippen molar-refractivity contribution in [2.45, 2.75) is 19.0 Å². The lowest BCUT2D eigenvalue weighted by Crippen LogP contribution is -2.23. The highest BCUT2D eigenvalue weighted by Gasteiger charge is 2.24. The van der Waals surface area contributed by atoms with E-state index in [2.05, 4.69) is 5.32 Å². The molecular weight excluding hydrogens is 611 g/mol. The monoisotopic (exact) mass is 637 g/mol. The average Bonchev–Trinajstić information content (AvgIpc) is 3.62. The maximum atomic E-state index is 14.2. The Morgan fingerprint density at radius 2 is 1.57 bits per heavy atom. The molecule has 0 aliphatic carbocycles. The number of rotatable bonds is 9. The van der Waals surface area contributed by atoms with Gasteiger partial charge in [0.25, 0.3) is 5.56 Å². The van der Waals surface area contributed by atoms with Crippen molar-refractivity contribution in [3.8, 4) is 27.9 Å². The Kier molecular flexibility index (Phi) is 8.74. The molecule has 6 rings (SSSR count). The second-order valence-electron chi connectivity index (χ2n) is 9.73. The molecule has 3 aromatic carbocycles. The lowest BCUT2D eigenvalue weighted by atomic mass is 10.0. The summed E-state index contributed by atoms with van der Waals surface area (Å²) < 4.78 is 6.90. The largest absolute Gasteiger partial charge is 0.462 e. The van der Waals surface area contributed by atoms with E-state index < -0.39 is 5.97 Å². The number of aromatic nitrogens is 2. The number of carbonyl (C=O) groups excluding carboxylic acids is 2. The van der Waals surface area contributed by atoms with E-state index in [9.17, 15) is 14.4 Å². The molecule has 0 saturated carbocycles. The Balaban J connectivity index is 1.34. The number of para-hydroxylation sites is 1. The summed E-state index contributed by atoms with van der Waals surface area (Å²) in [5, 5.41) is 6.13. The predicted octanol–water partition coefficient (Wildman–Crippen LogP) is 8.06. The molecule has 3 aromatic heterocycles. The van der Waals surface area contributed by atoms with E-state index >= 15 is 0 Å². The lowest BCUT2D eigenvalue weighted by Gasteiger charge is -2.13. The van der Waals surface area contributed by atoms with Gasteiger partial charge in [-0.25, -0.2) is 9.78 Å². The summed E-state index contributed by atoms with van der Waals surface area (Å²) in [6, 6.07) is 28.7. The molecule has 0 saturated heterocycles. The van der Waals surface area contributed by atoms with Crippen LogP contribution in [0.4, 0.5) is 5.00 Å². The molecule has 0 aliphatic heterocycles. The number of aryl methyl sites for hydroxylation is 1. The van der Waals surface area contributed by atoms with Gasteiger partial charge in [0.15, 0.2) is 5.16 Å². The van der Waals surface area contributed by atoms with Crippen molar-refractivity contribution in [3.05, 3.63) is 117 Å². The van der Waals surface area contributed by atoms with Crippen LogP contribution in [0.2, 0.25) is 0 Å². The van der Waals surface area contributed by atoms with Crippen LogP contribution in [-0.4, -0.2) is 33.8 Å². The first kappa shape index (κ1) is 29.6. The highest BCUT2D eigenvalue weighted by atomic mass is 32.2. The van der Waals surface area contributed by atoms with Gasteiger partial charge in [-0.15, -0.1) is 22.7 Å². The zero-order chi connectivity index (χ0) is 30.6. The van der Waals surface area contributed by atoms with E-state index in [1.54, 1.807) is 11.5 Å². The fourth-order valence-electron chi connectivity index (χ4n) is 4.98. The molecule has 10 heteroatoms. The molecule has 0 fully saturated rings. The summed E-state index contributed by atoms with van der Waals surface area (Å²) in [5.41, 5.74) is 4.18. The fourth-order valence-corrected chi connectivity index (χ4v) is 7.85. The number of hydrogen-bond acceptors (Lipinski definition) is 8. The maximum Gasteiger partial charge on any atom is 0.341 e. The van der Waals surface area contributed by atoms with E-state index in [0.29, 0.717) is 37.2 Å². The van der Waals surface area contributed by atoms with Crippen LogP contribution in [0.25, 0.3) is 38.2 Å². The molecule has 3 heterocycles. The summed E-state index contributed by atoms with van der Waals surface area (Å²) in [6.45, 7) is 3.95. The topological polar surface area (TPSA) is 90.3 Å². The van der Waals surface area contributed by atoms with Crippen molar-refractivity contribution in [2.75, 3.05) is 17.7 Å². The quantitative estimate of drug-likeness (QED) is 0.0980. The van der Waals surface area contributed by atoms with Gasteiger partial charge >= 0.3 is 5.97 Å². The summed E-state index contributed by atoms with van der Waals surface area (Å²) >= 11 is 3.91. The maximum absolute atomic E-state index is 14.2. The summed E-state index contributed by atoms with van der Waals surface area (Å²) in [6.07, 6.45) is 0. The first-order valence-electron chi connectivity index (χ1n) is 13.9. The Morgan fingerprint density at radius 1 is 0.932 bits per heavy atom. The Labute approximate surface area is 266 Å². The molecule has 1 amide bonds. The lowest BCUT2D eigenvalue weighted by molar-refractivity contribution is -0.113.